The fourth-order valence-corrected chi connectivity index (χ4v) is 11.0. The van der Waals surface area contributed by atoms with Gasteiger partial charge in [0, 0.05) is 49.5 Å². The van der Waals surface area contributed by atoms with Crippen LogP contribution in [0.1, 0.15) is 94.4 Å². The smallest absolute Gasteiger partial charge is 0.437 e. The van der Waals surface area contributed by atoms with Crippen LogP contribution < -0.4 is 14.8 Å². The van der Waals surface area contributed by atoms with Crippen molar-refractivity contribution < 1.29 is 55.3 Å². The molecule has 0 bridgehead atoms. The quantitative estimate of drug-likeness (QED) is 0.312. The molecule has 4 aliphatic heterocycles. The molecule has 3 N–H and O–H groups in total. The number of nitrogens with one attached hydrogen (secondary N) is 2. The topological polar surface area (TPSA) is 188 Å². The van der Waals surface area contributed by atoms with Crippen molar-refractivity contribution in [1.82, 2.24) is 29.7 Å². The number of nitrogens with zero attached hydrogens (tertiary/aromatic N) is 4. The third-order valence-electron chi connectivity index (χ3n) is 13.8. The zero-order valence-electron chi connectivity index (χ0n) is 35.1. The van der Waals surface area contributed by atoms with Crippen LogP contribution in [0.4, 0.5) is 18.0 Å². The van der Waals surface area contributed by atoms with Gasteiger partial charge in [0.1, 0.15) is 23.2 Å². The van der Waals surface area contributed by atoms with Crippen LogP contribution in [0.2, 0.25) is 0 Å². The monoisotopic (exact) mass is 888 g/mol. The molecule has 5 heterocycles. The highest BCUT2D eigenvalue weighted by atomic mass is 32.2. The SMILES string of the molecule is Cc1ccc2nc(C(F)(F)F)c3c(c2c1)CC[C@]1(C[C@H]2C(=O)N[C@]4(C(=O)NS(=O)(=O)C5(C)CC5)C[C@H]4/C=C\CCCCC[C@H](N(CCCN4CCOCC4)C(=O)O)C(=O)N2C1)O3. The molecule has 2 aromatic rings. The van der Waals surface area contributed by atoms with Gasteiger partial charge in [-0.15, -0.1) is 0 Å². The van der Waals surface area contributed by atoms with E-state index in [9.17, 15) is 41.1 Å². The third-order valence-corrected chi connectivity index (χ3v) is 16.0. The Labute approximate surface area is 358 Å². The number of rotatable bonds is 8. The molecule has 19 heteroatoms. The average Bonchev–Trinajstić information content (AvgIpc) is 4.11. The van der Waals surface area contributed by atoms with E-state index >= 15 is 4.79 Å². The van der Waals surface area contributed by atoms with Gasteiger partial charge >= 0.3 is 12.3 Å². The summed E-state index contributed by atoms with van der Waals surface area (Å²) in [7, 11) is -4.11. The first-order chi connectivity index (χ1) is 29.4. The minimum atomic E-state index is -4.92. The van der Waals surface area contributed by atoms with Crippen LogP contribution in [0, 0.1) is 12.8 Å². The standard InChI is InChI=1S/C43H55F3N6O9S/c1-27-11-12-31-30(23-27)29-13-14-41(61-34(29)35(47-31)43(44,45)46)25-33-36(53)48-42(38(55)49-62(58,59)40(2)15-16-40)24-28(42)9-6-4-3-5-7-10-32(37(54)52(33)26-41)51(39(56)57)18-8-17-50-19-21-60-22-20-50/h6,9,11-12,23,28,32-33H,3-5,7-8,10,13-22,24-26H2,1-2H3,(H,48,53)(H,49,55)(H,56,57)/b9-6-/t28-,32+,33+,41-,42-/m1/s1. The van der Waals surface area contributed by atoms with Gasteiger partial charge in [-0.2, -0.15) is 13.2 Å². The maximum absolute atomic E-state index is 15.1. The zero-order valence-corrected chi connectivity index (χ0v) is 35.9. The van der Waals surface area contributed by atoms with Crippen LogP contribution in [-0.2, 0) is 41.7 Å². The highest BCUT2D eigenvalue weighted by Gasteiger charge is 2.64. The van der Waals surface area contributed by atoms with Gasteiger partial charge < -0.3 is 24.8 Å². The molecule has 62 heavy (non-hydrogen) atoms. The lowest BCUT2D eigenvalue weighted by atomic mass is 9.86. The number of hydrogen-bond acceptors (Lipinski definition) is 10. The van der Waals surface area contributed by atoms with Crippen LogP contribution in [0.15, 0.2) is 30.4 Å². The Bertz CT molecular complexity index is 2270. The lowest BCUT2D eigenvalue weighted by molar-refractivity contribution is -0.145. The molecule has 0 radical (unpaired) electrons. The molecule has 2 saturated heterocycles. The fraction of sp³-hybridized carbons (Fsp3) is 0.651. The Kier molecular flexibility index (Phi) is 11.8. The number of amides is 4. The summed E-state index contributed by atoms with van der Waals surface area (Å²) in [5.74, 6) is -3.49. The van der Waals surface area contributed by atoms with Gasteiger partial charge in [-0.3, -0.25) is 28.9 Å². The van der Waals surface area contributed by atoms with Crippen LogP contribution in [0.25, 0.3) is 10.9 Å². The second-order valence-corrected chi connectivity index (χ2v) is 20.5. The minimum absolute atomic E-state index is 0.0109. The predicted octanol–water partition coefficient (Wildman–Crippen LogP) is 4.69. The molecule has 1 spiro atoms. The van der Waals surface area contributed by atoms with Crippen molar-refractivity contribution in [3.63, 3.8) is 0 Å². The largest absolute Gasteiger partial charge is 0.483 e. The van der Waals surface area contributed by atoms with Gasteiger partial charge in [-0.1, -0.05) is 36.6 Å². The predicted molar refractivity (Wildman–Crippen MR) is 220 cm³/mol. The van der Waals surface area contributed by atoms with Crippen molar-refractivity contribution in [2.75, 3.05) is 45.9 Å². The molecular weight excluding hydrogens is 834 g/mol. The van der Waals surface area contributed by atoms with Crippen LogP contribution in [0.3, 0.4) is 0 Å². The summed E-state index contributed by atoms with van der Waals surface area (Å²) in [4.78, 5) is 65.5. The van der Waals surface area contributed by atoms with Gasteiger partial charge in [0.2, 0.25) is 21.8 Å². The number of aryl methyl sites for hydroxylation is 2. The number of sulfonamides is 1. The lowest BCUT2D eigenvalue weighted by Gasteiger charge is -2.37. The number of benzene rings is 1. The number of fused-ring (bicyclic) bond motifs is 5. The number of aromatic nitrogens is 1. The maximum atomic E-state index is 15.1. The second kappa shape index (κ2) is 16.6. The number of hydrogen-bond donors (Lipinski definition) is 3. The van der Waals surface area contributed by atoms with Crippen molar-refractivity contribution in [2.24, 2.45) is 5.92 Å². The van der Waals surface area contributed by atoms with Crippen LogP contribution >= 0.6 is 0 Å². The summed E-state index contributed by atoms with van der Waals surface area (Å²) in [6.45, 7) is 6.06. The number of allylic oxidation sites excluding steroid dienone is 1. The number of carbonyl (C=O) groups is 4. The van der Waals surface area contributed by atoms with E-state index in [1.807, 2.05) is 13.0 Å². The number of halogens is 3. The van der Waals surface area contributed by atoms with E-state index in [-0.39, 0.29) is 50.7 Å². The van der Waals surface area contributed by atoms with Gasteiger partial charge in [-0.25, -0.2) is 18.2 Å². The Morgan fingerprint density at radius 1 is 1.10 bits per heavy atom. The number of carbonyl (C=O) groups excluding carboxylic acids is 3. The van der Waals surface area contributed by atoms with E-state index in [0.717, 1.165) is 10.5 Å². The Balaban J connectivity index is 1.16. The van der Waals surface area contributed by atoms with E-state index in [1.54, 1.807) is 18.2 Å². The number of pyridine rings is 1. The molecule has 2 saturated carbocycles. The van der Waals surface area contributed by atoms with Gasteiger partial charge in [-0.05, 0) is 83.8 Å². The van der Waals surface area contributed by atoms with E-state index in [2.05, 4.69) is 19.9 Å². The van der Waals surface area contributed by atoms with Crippen molar-refractivity contribution >= 4 is 44.7 Å². The molecule has 4 fully saturated rings. The highest BCUT2D eigenvalue weighted by molar-refractivity contribution is 7.91. The van der Waals surface area contributed by atoms with Gasteiger partial charge in [0.25, 0.3) is 5.91 Å². The molecule has 6 aliphatic rings. The molecule has 5 atom stereocenters. The minimum Gasteiger partial charge on any atom is -0.483 e. The molecule has 1 aromatic heterocycles. The molecule has 15 nitrogen and oxygen atoms in total. The summed E-state index contributed by atoms with van der Waals surface area (Å²) in [6, 6.07) is 2.29. The molecule has 1 aromatic carbocycles. The van der Waals surface area contributed by atoms with Crippen molar-refractivity contribution in [2.45, 2.75) is 125 Å². The number of carboxylic acid groups (broad SMARTS) is 1. The van der Waals surface area contributed by atoms with Gasteiger partial charge in [0.15, 0.2) is 11.4 Å². The van der Waals surface area contributed by atoms with E-state index in [4.69, 9.17) is 9.47 Å². The molecular formula is C43H55F3N6O9S. The number of alkyl halides is 3. The normalized spacial score (nSPS) is 29.6. The van der Waals surface area contributed by atoms with Crippen molar-refractivity contribution in [3.05, 3.63) is 47.2 Å². The molecule has 2 aliphatic carbocycles. The molecule has 4 amide bonds. The van der Waals surface area contributed by atoms with Gasteiger partial charge in [0.05, 0.1) is 30.0 Å². The first kappa shape index (κ1) is 44.1. The fourth-order valence-electron chi connectivity index (χ4n) is 9.65. The first-order valence-electron chi connectivity index (χ1n) is 21.7. The lowest BCUT2D eigenvalue weighted by Crippen LogP contribution is -2.59. The summed E-state index contributed by atoms with van der Waals surface area (Å²) in [5.41, 5.74) is -3.19. The number of ether oxygens (including phenoxy) is 2. The van der Waals surface area contributed by atoms with Crippen LogP contribution in [-0.4, -0.2) is 131 Å². The molecule has 0 unspecified atom stereocenters. The molecule has 338 valence electrons. The molecule has 8 rings (SSSR count). The highest BCUT2D eigenvalue weighted by Crippen LogP contribution is 2.50. The van der Waals surface area contributed by atoms with Crippen LogP contribution in [0.5, 0.6) is 5.75 Å². The second-order valence-electron chi connectivity index (χ2n) is 18.3. The van der Waals surface area contributed by atoms with E-state index in [1.165, 1.54) is 17.9 Å². The maximum Gasteiger partial charge on any atom is 0.437 e. The van der Waals surface area contributed by atoms with E-state index < -0.39 is 85.3 Å². The summed E-state index contributed by atoms with van der Waals surface area (Å²) < 4.78 is 84.0. The zero-order chi connectivity index (χ0) is 44.2. The first-order valence-corrected chi connectivity index (χ1v) is 23.2. The summed E-state index contributed by atoms with van der Waals surface area (Å²) >= 11 is 0. The average molecular weight is 889 g/mol. The Morgan fingerprint density at radius 2 is 1.85 bits per heavy atom. The summed E-state index contributed by atoms with van der Waals surface area (Å²) in [5, 5.41) is 13.9. The third kappa shape index (κ3) is 8.60. The Hall–Kier alpha value is -4.49. The van der Waals surface area contributed by atoms with Crippen molar-refractivity contribution in [3.8, 4) is 5.75 Å². The Morgan fingerprint density at radius 3 is 2.56 bits per heavy atom. The number of morpholine rings is 1. The van der Waals surface area contributed by atoms with E-state index in [0.29, 0.717) is 88.7 Å². The summed E-state index contributed by atoms with van der Waals surface area (Å²) in [6.07, 6.45) is 1.08. The van der Waals surface area contributed by atoms with Crippen molar-refractivity contribution in [1.29, 1.82) is 0 Å².